The highest BCUT2D eigenvalue weighted by Crippen LogP contribution is 2.43. The zero-order valence-electron chi connectivity index (χ0n) is 16.4. The van der Waals surface area contributed by atoms with E-state index in [0.717, 1.165) is 49.9 Å². The average molecular weight is 380 g/mol. The van der Waals surface area contributed by atoms with Crippen LogP contribution in [0.3, 0.4) is 0 Å². The van der Waals surface area contributed by atoms with Gasteiger partial charge in [0.25, 0.3) is 5.91 Å². The quantitative estimate of drug-likeness (QED) is 0.714. The molecule has 2 saturated heterocycles. The van der Waals surface area contributed by atoms with Crippen molar-refractivity contribution in [2.24, 2.45) is 0 Å². The largest absolute Gasteiger partial charge is 0.356 e. The zero-order valence-corrected chi connectivity index (χ0v) is 16.4. The first-order valence-electron chi connectivity index (χ1n) is 10.6. The molecule has 28 heavy (non-hydrogen) atoms. The molecule has 3 aliphatic heterocycles. The number of nitrogens with one attached hydrogen (secondary N) is 3. The molecule has 6 nitrogen and oxygen atoms in total. The maximum atomic E-state index is 13.6. The van der Waals surface area contributed by atoms with E-state index >= 15 is 0 Å². The molecule has 0 saturated carbocycles. The number of hydrogen-bond acceptors (Lipinski definition) is 3. The van der Waals surface area contributed by atoms with Gasteiger partial charge in [-0.15, -0.1) is 0 Å². The number of aromatic amines is 1. The molecule has 2 amide bonds. The number of hydrogen-bond donors (Lipinski definition) is 3. The number of fused-ring (bicyclic) bond motifs is 4. The summed E-state index contributed by atoms with van der Waals surface area (Å²) in [5.41, 5.74) is 2.52. The summed E-state index contributed by atoms with van der Waals surface area (Å²) in [5.74, 6) is 0.0193. The number of amides is 2. The molecule has 3 atom stereocenters. The van der Waals surface area contributed by atoms with E-state index in [4.69, 9.17) is 0 Å². The van der Waals surface area contributed by atoms with Gasteiger partial charge in [0.05, 0.1) is 6.04 Å². The molecule has 0 radical (unpaired) electrons. The van der Waals surface area contributed by atoms with Gasteiger partial charge in [0.15, 0.2) is 5.66 Å². The minimum absolute atomic E-state index is 0.0228. The van der Waals surface area contributed by atoms with Gasteiger partial charge in [-0.3, -0.25) is 14.9 Å². The summed E-state index contributed by atoms with van der Waals surface area (Å²) in [7, 11) is 0. The number of carbonyl (C=O) groups excluding carboxylic acids is 2. The summed E-state index contributed by atoms with van der Waals surface area (Å²) in [6, 6.07) is 7.78. The Morgan fingerprint density at radius 3 is 2.86 bits per heavy atom. The Balaban J connectivity index is 1.61. The standard InChI is InChI=1S/C22H28N4O2/c1-2-3-4-10-17-19-15(14-8-5-6-9-16(14)24-19)13-18-20(27)25-22(11-7-12-23-22)21(28)26(17)18/h5-6,8-9,17-18,23-24H,2-4,7,10-13H2,1H3,(H,25,27)/t17?,18-,22?/m0/s1. The monoisotopic (exact) mass is 380 g/mol. The van der Waals surface area contributed by atoms with Gasteiger partial charge in [-0.1, -0.05) is 44.4 Å². The van der Waals surface area contributed by atoms with Crippen molar-refractivity contribution in [3.8, 4) is 0 Å². The van der Waals surface area contributed by atoms with Crippen molar-refractivity contribution >= 4 is 22.7 Å². The van der Waals surface area contributed by atoms with Crippen LogP contribution < -0.4 is 10.6 Å². The van der Waals surface area contributed by atoms with Crippen LogP contribution in [0.2, 0.25) is 0 Å². The van der Waals surface area contributed by atoms with Crippen LogP contribution in [0.25, 0.3) is 10.9 Å². The van der Waals surface area contributed by atoms with Crippen molar-refractivity contribution in [2.75, 3.05) is 6.54 Å². The normalized spacial score (nSPS) is 29.2. The van der Waals surface area contributed by atoms with Crippen molar-refractivity contribution in [3.05, 3.63) is 35.5 Å². The molecular weight excluding hydrogens is 352 g/mol. The third kappa shape index (κ3) is 2.50. The second-order valence-electron chi connectivity index (χ2n) is 8.43. The maximum absolute atomic E-state index is 13.6. The van der Waals surface area contributed by atoms with Crippen LogP contribution in [0.5, 0.6) is 0 Å². The molecule has 0 bridgehead atoms. The molecule has 148 valence electrons. The second kappa shape index (κ2) is 6.62. The molecule has 6 heteroatoms. The number of piperazine rings is 1. The van der Waals surface area contributed by atoms with Crippen molar-refractivity contribution in [3.63, 3.8) is 0 Å². The van der Waals surface area contributed by atoms with Crippen molar-refractivity contribution in [2.45, 2.75) is 69.6 Å². The zero-order chi connectivity index (χ0) is 19.3. The number of carbonyl (C=O) groups is 2. The van der Waals surface area contributed by atoms with Gasteiger partial charge < -0.3 is 15.2 Å². The Labute approximate surface area is 165 Å². The second-order valence-corrected chi connectivity index (χ2v) is 8.43. The summed E-state index contributed by atoms with van der Waals surface area (Å²) in [4.78, 5) is 32.3. The molecule has 0 aliphatic carbocycles. The van der Waals surface area contributed by atoms with E-state index in [-0.39, 0.29) is 17.9 Å². The van der Waals surface area contributed by atoms with E-state index in [1.165, 1.54) is 10.9 Å². The molecule has 3 aliphatic rings. The number of aromatic nitrogens is 1. The van der Waals surface area contributed by atoms with Crippen LogP contribution in [0.15, 0.2) is 24.3 Å². The highest BCUT2D eigenvalue weighted by Gasteiger charge is 2.56. The van der Waals surface area contributed by atoms with Gasteiger partial charge in [-0.25, -0.2) is 0 Å². The number of nitrogens with zero attached hydrogens (tertiary/aromatic N) is 1. The van der Waals surface area contributed by atoms with Gasteiger partial charge in [0.1, 0.15) is 6.04 Å². The number of para-hydroxylation sites is 1. The lowest BCUT2D eigenvalue weighted by atomic mass is 9.85. The van der Waals surface area contributed by atoms with E-state index in [1.54, 1.807) is 0 Å². The van der Waals surface area contributed by atoms with Crippen LogP contribution in [0, 0.1) is 0 Å². The Morgan fingerprint density at radius 2 is 2.07 bits per heavy atom. The number of H-pyrrole nitrogens is 1. The van der Waals surface area contributed by atoms with Gasteiger partial charge in [0.2, 0.25) is 5.91 Å². The fourth-order valence-corrected chi connectivity index (χ4v) is 5.35. The molecule has 2 aromatic rings. The highest BCUT2D eigenvalue weighted by atomic mass is 16.2. The Morgan fingerprint density at radius 1 is 1.21 bits per heavy atom. The van der Waals surface area contributed by atoms with Crippen LogP contribution >= 0.6 is 0 Å². The molecule has 1 aromatic carbocycles. The van der Waals surface area contributed by atoms with E-state index in [1.807, 2.05) is 17.0 Å². The minimum atomic E-state index is -0.903. The van der Waals surface area contributed by atoms with Crippen LogP contribution in [0.4, 0.5) is 0 Å². The summed E-state index contributed by atoms with van der Waals surface area (Å²) < 4.78 is 0. The molecule has 1 aromatic heterocycles. The summed E-state index contributed by atoms with van der Waals surface area (Å²) in [5, 5.41) is 7.52. The fourth-order valence-electron chi connectivity index (χ4n) is 5.35. The Hall–Kier alpha value is -2.34. The minimum Gasteiger partial charge on any atom is -0.356 e. The summed E-state index contributed by atoms with van der Waals surface area (Å²) in [6.45, 7) is 2.96. The first-order valence-corrected chi connectivity index (χ1v) is 10.6. The summed E-state index contributed by atoms with van der Waals surface area (Å²) in [6.07, 6.45) is 6.36. The molecule has 1 spiro atoms. The molecule has 5 rings (SSSR count). The first kappa shape index (κ1) is 17.7. The van der Waals surface area contributed by atoms with Crippen LogP contribution in [0.1, 0.15) is 62.7 Å². The first-order chi connectivity index (χ1) is 13.6. The molecule has 2 fully saturated rings. The van der Waals surface area contributed by atoms with Gasteiger partial charge >= 0.3 is 0 Å². The maximum Gasteiger partial charge on any atom is 0.264 e. The van der Waals surface area contributed by atoms with Crippen molar-refractivity contribution in [1.82, 2.24) is 20.5 Å². The molecule has 4 heterocycles. The topological polar surface area (TPSA) is 77.2 Å². The van der Waals surface area contributed by atoms with Crippen LogP contribution in [-0.4, -0.2) is 39.9 Å². The Bertz CT molecular complexity index is 928. The van der Waals surface area contributed by atoms with Crippen molar-refractivity contribution in [1.29, 1.82) is 0 Å². The average Bonchev–Trinajstić information content (AvgIpc) is 3.31. The summed E-state index contributed by atoms with van der Waals surface area (Å²) >= 11 is 0. The molecule has 3 N–H and O–H groups in total. The van der Waals surface area contributed by atoms with E-state index in [9.17, 15) is 9.59 Å². The smallest absolute Gasteiger partial charge is 0.264 e. The fraction of sp³-hybridized carbons (Fsp3) is 0.545. The lowest BCUT2D eigenvalue weighted by molar-refractivity contribution is -0.160. The van der Waals surface area contributed by atoms with E-state index < -0.39 is 11.7 Å². The lowest BCUT2D eigenvalue weighted by Gasteiger charge is -2.49. The Kier molecular flexibility index (Phi) is 4.19. The van der Waals surface area contributed by atoms with Gasteiger partial charge in [0, 0.05) is 23.0 Å². The van der Waals surface area contributed by atoms with E-state index in [2.05, 4.69) is 34.7 Å². The molecular formula is C22H28N4O2. The number of rotatable bonds is 4. The highest BCUT2D eigenvalue weighted by molar-refractivity contribution is 6.01. The number of benzene rings is 1. The predicted molar refractivity (Wildman–Crippen MR) is 108 cm³/mol. The van der Waals surface area contributed by atoms with Crippen LogP contribution in [-0.2, 0) is 16.0 Å². The van der Waals surface area contributed by atoms with Gasteiger partial charge in [-0.2, -0.15) is 0 Å². The third-order valence-electron chi connectivity index (χ3n) is 6.72. The third-order valence-corrected chi connectivity index (χ3v) is 6.72. The van der Waals surface area contributed by atoms with E-state index in [0.29, 0.717) is 12.8 Å². The number of unbranched alkanes of at least 4 members (excludes halogenated alkanes) is 2. The van der Waals surface area contributed by atoms with Gasteiger partial charge in [-0.05, 0) is 37.4 Å². The predicted octanol–water partition coefficient (Wildman–Crippen LogP) is 2.75. The lowest BCUT2D eigenvalue weighted by Crippen LogP contribution is -2.75. The van der Waals surface area contributed by atoms with Crippen molar-refractivity contribution < 1.29 is 9.59 Å². The molecule has 2 unspecified atom stereocenters. The SMILES string of the molecule is CCCCCC1c2[nH]c3ccccc3c2C[C@H]2C(=O)NC3(CCCN3)C(=O)N12.